The summed E-state index contributed by atoms with van der Waals surface area (Å²) in [6.45, 7) is 4.17. The van der Waals surface area contributed by atoms with Gasteiger partial charge in [-0.1, -0.05) is 30.3 Å². The highest BCUT2D eigenvalue weighted by Crippen LogP contribution is 2.35. The number of aromatic nitrogens is 3. The second kappa shape index (κ2) is 7.35. The largest absolute Gasteiger partial charge is 0.506 e. The van der Waals surface area contributed by atoms with Crippen molar-refractivity contribution in [3.05, 3.63) is 96.2 Å². The van der Waals surface area contributed by atoms with Gasteiger partial charge in [0.15, 0.2) is 0 Å². The average molecular weight is 431 g/mol. The Balaban J connectivity index is 1.52. The average Bonchev–Trinajstić information content (AvgIpc) is 3.15. The van der Waals surface area contributed by atoms with Gasteiger partial charge in [-0.2, -0.15) is 0 Å². The van der Waals surface area contributed by atoms with E-state index in [0.29, 0.717) is 17.1 Å². The molecule has 5 nitrogen and oxygen atoms in total. The molecule has 0 saturated heterocycles. The molecular weight excluding hydrogens is 410 g/mol. The molecule has 3 heterocycles. The number of aryl methyl sites for hydroxylation is 2. The first-order valence-corrected chi connectivity index (χ1v) is 10.8. The molecule has 0 aliphatic rings. The highest BCUT2D eigenvalue weighted by atomic mass is 16.5. The fraction of sp³-hybridized carbons (Fsp3) is 0.0714. The number of para-hydroxylation sites is 2. The Morgan fingerprint density at radius 1 is 0.788 bits per heavy atom. The molecule has 3 aromatic carbocycles. The van der Waals surface area contributed by atoms with Gasteiger partial charge in [0, 0.05) is 34.5 Å². The third kappa shape index (κ3) is 3.17. The molecular formula is C28H21N3O2. The summed E-state index contributed by atoms with van der Waals surface area (Å²) >= 11 is 0. The predicted octanol–water partition coefficient (Wildman–Crippen LogP) is 6.84. The Bertz CT molecular complexity index is 1680. The summed E-state index contributed by atoms with van der Waals surface area (Å²) in [4.78, 5) is 9.22. The molecule has 0 amide bonds. The third-order valence-electron chi connectivity index (χ3n) is 6.13. The molecule has 3 aromatic heterocycles. The van der Waals surface area contributed by atoms with Gasteiger partial charge in [0.05, 0.1) is 11.0 Å². The topological polar surface area (TPSA) is 60.2 Å². The van der Waals surface area contributed by atoms with Gasteiger partial charge in [-0.25, -0.2) is 9.97 Å². The zero-order valence-corrected chi connectivity index (χ0v) is 18.3. The van der Waals surface area contributed by atoms with Gasteiger partial charge >= 0.3 is 0 Å². The molecule has 0 fully saturated rings. The maximum absolute atomic E-state index is 10.2. The number of nitrogens with zero attached hydrogens (tertiary/aromatic N) is 3. The molecule has 0 aliphatic carbocycles. The molecule has 0 unspecified atom stereocenters. The highest BCUT2D eigenvalue weighted by Gasteiger charge is 2.15. The summed E-state index contributed by atoms with van der Waals surface area (Å²) in [6, 6.07) is 25.5. The van der Waals surface area contributed by atoms with Gasteiger partial charge in [-0.15, -0.1) is 0 Å². The molecule has 160 valence electrons. The van der Waals surface area contributed by atoms with E-state index >= 15 is 0 Å². The number of ether oxygens (including phenoxy) is 1. The van der Waals surface area contributed by atoms with E-state index in [-0.39, 0.29) is 5.75 Å². The second-order valence-electron chi connectivity index (χ2n) is 8.26. The van der Waals surface area contributed by atoms with E-state index in [2.05, 4.69) is 53.7 Å². The molecule has 0 bridgehead atoms. The van der Waals surface area contributed by atoms with Crippen LogP contribution in [0.2, 0.25) is 0 Å². The maximum atomic E-state index is 10.2. The van der Waals surface area contributed by atoms with Gasteiger partial charge < -0.3 is 9.84 Å². The Hall–Kier alpha value is -4.38. The highest BCUT2D eigenvalue weighted by molar-refractivity contribution is 6.09. The van der Waals surface area contributed by atoms with Gasteiger partial charge in [0.2, 0.25) is 5.88 Å². The van der Waals surface area contributed by atoms with Crippen LogP contribution in [-0.2, 0) is 0 Å². The predicted molar refractivity (Wildman–Crippen MR) is 132 cm³/mol. The van der Waals surface area contributed by atoms with Crippen LogP contribution in [0, 0.1) is 13.8 Å². The minimum atomic E-state index is 0.134. The van der Waals surface area contributed by atoms with Crippen LogP contribution in [0.5, 0.6) is 17.4 Å². The third-order valence-corrected chi connectivity index (χ3v) is 6.13. The SMILES string of the molecule is Cc1cnc(-n2c3ccccc3c3ccc(Oc4ccc5cccc(O)c5n4)cc32)cc1C. The maximum Gasteiger partial charge on any atom is 0.219 e. The van der Waals surface area contributed by atoms with Crippen LogP contribution in [0.3, 0.4) is 0 Å². The van der Waals surface area contributed by atoms with Crippen molar-refractivity contribution in [3.8, 4) is 23.2 Å². The summed E-state index contributed by atoms with van der Waals surface area (Å²) in [5.74, 6) is 2.09. The van der Waals surface area contributed by atoms with Crippen molar-refractivity contribution in [1.82, 2.24) is 14.5 Å². The van der Waals surface area contributed by atoms with Crippen molar-refractivity contribution in [2.75, 3.05) is 0 Å². The smallest absolute Gasteiger partial charge is 0.219 e. The number of pyridine rings is 2. The fourth-order valence-corrected chi connectivity index (χ4v) is 4.28. The lowest BCUT2D eigenvalue weighted by Gasteiger charge is -2.10. The number of aromatic hydroxyl groups is 1. The molecule has 0 radical (unpaired) electrons. The van der Waals surface area contributed by atoms with Gasteiger partial charge in [0.1, 0.15) is 22.8 Å². The minimum absolute atomic E-state index is 0.134. The Morgan fingerprint density at radius 3 is 2.52 bits per heavy atom. The lowest BCUT2D eigenvalue weighted by Crippen LogP contribution is -1.99. The van der Waals surface area contributed by atoms with Crippen LogP contribution in [0.15, 0.2) is 85.1 Å². The van der Waals surface area contributed by atoms with E-state index in [9.17, 15) is 5.11 Å². The van der Waals surface area contributed by atoms with Crippen LogP contribution < -0.4 is 4.74 Å². The molecule has 0 aliphatic heterocycles. The van der Waals surface area contributed by atoms with Crippen LogP contribution >= 0.6 is 0 Å². The molecule has 1 N–H and O–H groups in total. The first-order chi connectivity index (χ1) is 16.1. The van der Waals surface area contributed by atoms with Crippen LogP contribution in [0.4, 0.5) is 0 Å². The van der Waals surface area contributed by atoms with E-state index in [4.69, 9.17) is 9.72 Å². The summed E-state index contributed by atoms with van der Waals surface area (Å²) in [5.41, 5.74) is 4.97. The molecule has 6 aromatic rings. The van der Waals surface area contributed by atoms with Gasteiger partial charge in [-0.05, 0) is 61.4 Å². The quantitative estimate of drug-likeness (QED) is 0.333. The lowest BCUT2D eigenvalue weighted by molar-refractivity contribution is 0.460. The molecule has 0 saturated carbocycles. The van der Waals surface area contributed by atoms with E-state index in [1.165, 1.54) is 5.56 Å². The molecule has 0 atom stereocenters. The fourth-order valence-electron chi connectivity index (χ4n) is 4.28. The zero-order valence-electron chi connectivity index (χ0n) is 18.3. The summed E-state index contributed by atoms with van der Waals surface area (Å²) in [6.07, 6.45) is 1.91. The summed E-state index contributed by atoms with van der Waals surface area (Å²) < 4.78 is 8.29. The summed E-state index contributed by atoms with van der Waals surface area (Å²) in [7, 11) is 0. The van der Waals surface area contributed by atoms with E-state index in [0.717, 1.165) is 38.6 Å². The van der Waals surface area contributed by atoms with Crippen LogP contribution in [0.1, 0.15) is 11.1 Å². The van der Waals surface area contributed by atoms with Crippen molar-refractivity contribution in [1.29, 1.82) is 0 Å². The number of benzene rings is 3. The Kier molecular flexibility index (Phi) is 4.30. The first-order valence-electron chi connectivity index (χ1n) is 10.8. The van der Waals surface area contributed by atoms with Gasteiger partial charge in [0.25, 0.3) is 0 Å². The van der Waals surface area contributed by atoms with Crippen molar-refractivity contribution >= 4 is 32.7 Å². The molecule has 5 heteroatoms. The second-order valence-corrected chi connectivity index (χ2v) is 8.26. The zero-order chi connectivity index (χ0) is 22.5. The van der Waals surface area contributed by atoms with E-state index < -0.39 is 0 Å². The standard InChI is InChI=1S/C28H21N3O2/c1-17-14-26(29-16-18(17)2)31-23-8-4-3-7-21(23)22-12-11-20(15-24(22)31)33-27-13-10-19-6-5-9-25(32)28(19)30-27/h3-16,32H,1-2H3. The molecule has 6 rings (SSSR count). The number of hydrogen-bond donors (Lipinski definition) is 1. The van der Waals surface area contributed by atoms with E-state index in [1.807, 2.05) is 42.6 Å². The lowest BCUT2D eigenvalue weighted by atomic mass is 10.1. The first kappa shape index (κ1) is 19.3. The molecule has 0 spiro atoms. The van der Waals surface area contributed by atoms with Crippen LogP contribution in [0.25, 0.3) is 38.5 Å². The number of hydrogen-bond acceptors (Lipinski definition) is 4. The number of fused-ring (bicyclic) bond motifs is 4. The van der Waals surface area contributed by atoms with E-state index in [1.54, 1.807) is 12.1 Å². The minimum Gasteiger partial charge on any atom is -0.506 e. The molecule has 33 heavy (non-hydrogen) atoms. The normalized spacial score (nSPS) is 11.5. The van der Waals surface area contributed by atoms with Crippen LogP contribution in [-0.4, -0.2) is 19.6 Å². The summed E-state index contributed by atoms with van der Waals surface area (Å²) in [5, 5.41) is 13.3. The monoisotopic (exact) mass is 431 g/mol. The Morgan fingerprint density at radius 2 is 1.64 bits per heavy atom. The Labute approximate surface area is 190 Å². The van der Waals surface area contributed by atoms with Crippen molar-refractivity contribution in [2.24, 2.45) is 0 Å². The van der Waals surface area contributed by atoms with Crippen molar-refractivity contribution in [3.63, 3.8) is 0 Å². The van der Waals surface area contributed by atoms with Gasteiger partial charge in [-0.3, -0.25) is 4.57 Å². The number of rotatable bonds is 3. The number of phenolic OH excluding ortho intramolecular Hbond substituents is 1. The van der Waals surface area contributed by atoms with Crippen molar-refractivity contribution in [2.45, 2.75) is 13.8 Å². The number of phenols is 1. The van der Waals surface area contributed by atoms with Crippen molar-refractivity contribution < 1.29 is 9.84 Å².